The van der Waals surface area contributed by atoms with Gasteiger partial charge in [-0.05, 0) is 132 Å². The third-order valence-corrected chi connectivity index (χ3v) is 10.0. The molecule has 10 nitrogen and oxygen atoms in total. The number of aromatic nitrogens is 3. The molecular formula is C35H42N6O4. The fourth-order valence-electron chi connectivity index (χ4n) is 6.92. The van der Waals surface area contributed by atoms with Crippen LogP contribution in [-0.4, -0.2) is 80.5 Å². The van der Waals surface area contributed by atoms with E-state index in [1.807, 2.05) is 0 Å². The fourth-order valence-corrected chi connectivity index (χ4v) is 6.92. The summed E-state index contributed by atoms with van der Waals surface area (Å²) < 4.78 is 0. The molecule has 2 aliphatic rings. The molecule has 0 bridgehead atoms. The average molecular weight is 611 g/mol. The number of pyridine rings is 1. The molecule has 4 heterocycles. The number of carbonyl (C=O) groups excluding carboxylic acids is 2. The van der Waals surface area contributed by atoms with Gasteiger partial charge in [-0.2, -0.15) is 0 Å². The molecule has 0 saturated carbocycles. The Morgan fingerprint density at radius 3 is 2.22 bits per heavy atom. The van der Waals surface area contributed by atoms with E-state index in [0.717, 1.165) is 26.1 Å². The molecule has 2 aliphatic heterocycles. The summed E-state index contributed by atoms with van der Waals surface area (Å²) in [6.45, 7) is 13.9. The second-order valence-corrected chi connectivity index (χ2v) is 12.6. The van der Waals surface area contributed by atoms with Gasteiger partial charge in [0.15, 0.2) is 0 Å². The summed E-state index contributed by atoms with van der Waals surface area (Å²) in [4.78, 5) is 54.0. The normalized spacial score (nSPS) is 15.8. The van der Waals surface area contributed by atoms with Crippen LogP contribution in [0.2, 0.25) is 0 Å². The maximum absolute atomic E-state index is 13.2. The average Bonchev–Trinajstić information content (AvgIpc) is 3.75. The SMILES string of the molecule is Cc1c(C)c(C)c(C[C@H](CO)Nc2cc[nH]c(=O)c2-c2nc3cc4c(cc3[nH]2)C(=O)N(CCCN2CCCC2)C4=O)c(C)c1C. The molecule has 10 heteroatoms. The van der Waals surface area contributed by atoms with E-state index in [2.05, 4.69) is 54.8 Å². The van der Waals surface area contributed by atoms with Crippen LogP contribution in [0, 0.1) is 34.6 Å². The number of H-pyrrole nitrogens is 2. The number of imide groups is 1. The van der Waals surface area contributed by atoms with Gasteiger partial charge >= 0.3 is 0 Å². The Hall–Kier alpha value is -4.28. The van der Waals surface area contributed by atoms with Crippen molar-refractivity contribution in [3.05, 3.63) is 79.3 Å². The van der Waals surface area contributed by atoms with E-state index in [4.69, 9.17) is 4.98 Å². The summed E-state index contributed by atoms with van der Waals surface area (Å²) in [5.41, 5.74) is 9.58. The Bertz CT molecular complexity index is 1780. The lowest BCUT2D eigenvalue weighted by atomic mass is 9.87. The molecule has 45 heavy (non-hydrogen) atoms. The minimum Gasteiger partial charge on any atom is -0.394 e. The van der Waals surface area contributed by atoms with Crippen molar-refractivity contribution >= 4 is 28.5 Å². The number of nitrogens with one attached hydrogen (secondary N) is 3. The second kappa shape index (κ2) is 12.3. The highest BCUT2D eigenvalue weighted by molar-refractivity contribution is 6.22. The number of hydrogen-bond donors (Lipinski definition) is 4. The van der Waals surface area contributed by atoms with Crippen LogP contribution in [0.1, 0.15) is 73.4 Å². The van der Waals surface area contributed by atoms with Gasteiger partial charge in [0.05, 0.1) is 40.5 Å². The molecule has 2 aromatic carbocycles. The van der Waals surface area contributed by atoms with Crippen molar-refractivity contribution in [2.45, 2.75) is 66.3 Å². The van der Waals surface area contributed by atoms with Gasteiger partial charge in [0.2, 0.25) is 0 Å². The quantitative estimate of drug-likeness (QED) is 0.194. The number of nitrogens with zero attached hydrogens (tertiary/aromatic N) is 3. The lowest BCUT2D eigenvalue weighted by Gasteiger charge is -2.24. The Morgan fingerprint density at radius 2 is 1.56 bits per heavy atom. The fraction of sp³-hybridized carbons (Fsp3) is 0.429. The van der Waals surface area contributed by atoms with E-state index >= 15 is 0 Å². The van der Waals surface area contributed by atoms with E-state index < -0.39 is 0 Å². The smallest absolute Gasteiger partial charge is 0.261 e. The molecule has 0 aliphatic carbocycles. The van der Waals surface area contributed by atoms with Gasteiger partial charge in [0, 0.05) is 12.7 Å². The second-order valence-electron chi connectivity index (χ2n) is 12.6. The first-order valence-electron chi connectivity index (χ1n) is 15.9. The van der Waals surface area contributed by atoms with Crippen molar-refractivity contribution in [1.29, 1.82) is 0 Å². The number of carbonyl (C=O) groups is 2. The molecule has 0 unspecified atom stereocenters. The van der Waals surface area contributed by atoms with E-state index in [1.165, 1.54) is 51.1 Å². The van der Waals surface area contributed by atoms with Gasteiger partial charge in [0.25, 0.3) is 17.4 Å². The van der Waals surface area contributed by atoms with E-state index in [1.54, 1.807) is 24.4 Å². The summed E-state index contributed by atoms with van der Waals surface area (Å²) >= 11 is 0. The summed E-state index contributed by atoms with van der Waals surface area (Å²) in [5.74, 6) is -0.292. The third-order valence-electron chi connectivity index (χ3n) is 10.0. The molecule has 0 spiro atoms. The number of rotatable bonds is 10. The molecule has 236 valence electrons. The molecular weight excluding hydrogens is 568 g/mol. The zero-order valence-corrected chi connectivity index (χ0v) is 26.8. The largest absolute Gasteiger partial charge is 0.394 e. The van der Waals surface area contributed by atoms with Crippen molar-refractivity contribution in [3.63, 3.8) is 0 Å². The first kappa shape index (κ1) is 30.7. The zero-order chi connectivity index (χ0) is 32.0. The van der Waals surface area contributed by atoms with Gasteiger partial charge < -0.3 is 25.3 Å². The van der Waals surface area contributed by atoms with E-state index in [0.29, 0.717) is 52.2 Å². The summed E-state index contributed by atoms with van der Waals surface area (Å²) in [6, 6.07) is 4.70. The van der Waals surface area contributed by atoms with Gasteiger partial charge in [-0.1, -0.05) is 0 Å². The Balaban J connectivity index is 1.26. The minimum atomic E-state index is -0.357. The maximum Gasteiger partial charge on any atom is 0.261 e. The van der Waals surface area contributed by atoms with Gasteiger partial charge in [-0.25, -0.2) is 4.98 Å². The highest BCUT2D eigenvalue weighted by Gasteiger charge is 2.36. The standard InChI is InChI=1S/C35H42N6O4/c1-19-20(2)22(4)25(23(5)21(19)3)15-24(18-42)37-28-9-10-36-33(43)31(28)32-38-29-16-26-27(17-30(29)39-32)35(45)41(34(26)44)14-8-13-40-11-6-7-12-40/h9-10,16-17,24,42H,6-8,11-15,18H2,1-5H3,(H,38,39)(H2,36,37,43)/t24-/m1/s1. The number of hydrogen-bond acceptors (Lipinski definition) is 7. The lowest BCUT2D eigenvalue weighted by Crippen LogP contribution is -2.33. The van der Waals surface area contributed by atoms with Crippen molar-refractivity contribution in [3.8, 4) is 11.4 Å². The molecule has 1 saturated heterocycles. The van der Waals surface area contributed by atoms with Crippen LogP contribution in [-0.2, 0) is 6.42 Å². The van der Waals surface area contributed by atoms with Crippen LogP contribution < -0.4 is 10.9 Å². The number of fused-ring (bicyclic) bond motifs is 2. The van der Waals surface area contributed by atoms with Crippen molar-refractivity contribution in [2.75, 3.05) is 38.1 Å². The van der Waals surface area contributed by atoms with Crippen LogP contribution in [0.4, 0.5) is 5.69 Å². The minimum absolute atomic E-state index is 0.136. The summed E-state index contributed by atoms with van der Waals surface area (Å²) in [6.07, 6.45) is 5.29. The number of benzene rings is 2. The molecule has 2 aromatic heterocycles. The number of amides is 2. The van der Waals surface area contributed by atoms with Crippen LogP contribution in [0.5, 0.6) is 0 Å². The molecule has 6 rings (SSSR count). The van der Waals surface area contributed by atoms with Crippen molar-refractivity contribution < 1.29 is 14.7 Å². The first-order chi connectivity index (χ1) is 21.6. The Kier molecular flexibility index (Phi) is 8.37. The van der Waals surface area contributed by atoms with Crippen LogP contribution in [0.15, 0.2) is 29.2 Å². The van der Waals surface area contributed by atoms with Crippen molar-refractivity contribution in [1.82, 2.24) is 24.8 Å². The predicted octanol–water partition coefficient (Wildman–Crippen LogP) is 4.56. The Morgan fingerprint density at radius 1 is 0.911 bits per heavy atom. The zero-order valence-electron chi connectivity index (χ0n) is 26.8. The van der Waals surface area contributed by atoms with Crippen LogP contribution in [0.25, 0.3) is 22.4 Å². The summed E-state index contributed by atoms with van der Waals surface area (Å²) in [5, 5.41) is 13.8. The lowest BCUT2D eigenvalue weighted by molar-refractivity contribution is 0.0648. The van der Waals surface area contributed by atoms with Crippen LogP contribution in [0.3, 0.4) is 0 Å². The van der Waals surface area contributed by atoms with Crippen molar-refractivity contribution in [2.24, 2.45) is 0 Å². The molecule has 1 atom stereocenters. The highest BCUT2D eigenvalue weighted by atomic mass is 16.3. The van der Waals surface area contributed by atoms with Gasteiger partial charge in [-0.3, -0.25) is 19.3 Å². The predicted molar refractivity (Wildman–Crippen MR) is 176 cm³/mol. The molecule has 2 amide bonds. The number of imidazole rings is 1. The van der Waals surface area contributed by atoms with E-state index in [-0.39, 0.29) is 30.0 Å². The monoisotopic (exact) mass is 610 g/mol. The molecule has 0 radical (unpaired) electrons. The number of likely N-dealkylation sites (tertiary alicyclic amines) is 1. The van der Waals surface area contributed by atoms with Crippen LogP contribution >= 0.6 is 0 Å². The Labute approximate surface area is 262 Å². The van der Waals surface area contributed by atoms with Gasteiger partial charge in [0.1, 0.15) is 11.4 Å². The van der Waals surface area contributed by atoms with E-state index in [9.17, 15) is 19.5 Å². The number of anilines is 1. The molecule has 1 fully saturated rings. The first-order valence-corrected chi connectivity index (χ1v) is 15.9. The highest BCUT2D eigenvalue weighted by Crippen LogP contribution is 2.32. The third kappa shape index (κ3) is 5.57. The molecule has 4 N–H and O–H groups in total. The van der Waals surface area contributed by atoms with Gasteiger partial charge in [-0.15, -0.1) is 0 Å². The topological polar surface area (TPSA) is 134 Å². The molecule has 4 aromatic rings. The number of aromatic amines is 2. The number of aliphatic hydroxyl groups excluding tert-OH is 1. The number of aliphatic hydroxyl groups is 1. The summed E-state index contributed by atoms with van der Waals surface area (Å²) in [7, 11) is 0. The maximum atomic E-state index is 13.2.